The van der Waals surface area contributed by atoms with Crippen molar-refractivity contribution in [2.24, 2.45) is 0 Å². The summed E-state index contributed by atoms with van der Waals surface area (Å²) in [5.74, 6) is -0.752. The lowest BCUT2D eigenvalue weighted by Gasteiger charge is -2.35. The normalized spacial score (nSPS) is 17.5. The number of aliphatic carboxylic acids is 1. The summed E-state index contributed by atoms with van der Waals surface area (Å²) < 4.78 is 5.26. The Labute approximate surface area is 92.2 Å². The molecule has 0 radical (unpaired) electrons. The predicted molar refractivity (Wildman–Crippen MR) is 60.0 cm³/mol. The summed E-state index contributed by atoms with van der Waals surface area (Å²) in [4.78, 5) is 12.8. The zero-order valence-electron chi connectivity index (χ0n) is 10.4. The van der Waals surface area contributed by atoms with Crippen molar-refractivity contribution in [3.63, 3.8) is 0 Å². The maximum Gasteiger partial charge on any atom is 0.304 e. The minimum absolute atomic E-state index is 0.0418. The number of carboxylic acids is 1. The van der Waals surface area contributed by atoms with Gasteiger partial charge >= 0.3 is 5.97 Å². The molecule has 0 heterocycles. The standard InChI is InChI=1S/C11H23NO3/c1-6-12(8(2)7-11(13)14)9(3)10(4)15-5/h8-10H,6-7H2,1-5H3,(H,13,14). The van der Waals surface area contributed by atoms with Crippen molar-refractivity contribution in [3.8, 4) is 0 Å². The van der Waals surface area contributed by atoms with Gasteiger partial charge in [0.1, 0.15) is 0 Å². The number of likely N-dealkylation sites (N-methyl/N-ethyl adjacent to an activating group) is 1. The Bertz CT molecular complexity index is 196. The second-order valence-electron chi connectivity index (χ2n) is 3.96. The van der Waals surface area contributed by atoms with E-state index in [-0.39, 0.29) is 24.6 Å². The lowest BCUT2D eigenvalue weighted by molar-refractivity contribution is -0.138. The quantitative estimate of drug-likeness (QED) is 0.703. The molecule has 0 aromatic carbocycles. The number of nitrogens with zero attached hydrogens (tertiary/aromatic N) is 1. The first kappa shape index (κ1) is 14.4. The summed E-state index contributed by atoms with van der Waals surface area (Å²) in [5.41, 5.74) is 0. The van der Waals surface area contributed by atoms with Gasteiger partial charge in [0.2, 0.25) is 0 Å². The third-order valence-corrected chi connectivity index (χ3v) is 2.98. The van der Waals surface area contributed by atoms with Crippen LogP contribution in [0.25, 0.3) is 0 Å². The maximum absolute atomic E-state index is 10.6. The second kappa shape index (κ2) is 6.80. The number of carboxylic acid groups (broad SMARTS) is 1. The predicted octanol–water partition coefficient (Wildman–Crippen LogP) is 1.59. The molecular weight excluding hydrogens is 194 g/mol. The summed E-state index contributed by atoms with van der Waals surface area (Å²) in [6.45, 7) is 8.88. The minimum Gasteiger partial charge on any atom is -0.481 e. The molecule has 0 bridgehead atoms. The maximum atomic E-state index is 10.6. The van der Waals surface area contributed by atoms with Crippen molar-refractivity contribution in [2.75, 3.05) is 13.7 Å². The van der Waals surface area contributed by atoms with E-state index in [4.69, 9.17) is 9.84 Å². The van der Waals surface area contributed by atoms with E-state index >= 15 is 0 Å². The van der Waals surface area contributed by atoms with E-state index in [0.717, 1.165) is 6.54 Å². The molecule has 0 spiro atoms. The zero-order valence-corrected chi connectivity index (χ0v) is 10.4. The fourth-order valence-electron chi connectivity index (χ4n) is 1.84. The molecule has 15 heavy (non-hydrogen) atoms. The van der Waals surface area contributed by atoms with Crippen molar-refractivity contribution >= 4 is 5.97 Å². The van der Waals surface area contributed by atoms with Gasteiger partial charge in [-0.3, -0.25) is 9.69 Å². The van der Waals surface area contributed by atoms with Crippen LogP contribution in [-0.2, 0) is 9.53 Å². The first-order valence-electron chi connectivity index (χ1n) is 5.44. The van der Waals surface area contributed by atoms with Gasteiger partial charge < -0.3 is 9.84 Å². The van der Waals surface area contributed by atoms with E-state index in [0.29, 0.717) is 0 Å². The van der Waals surface area contributed by atoms with Crippen molar-refractivity contribution in [2.45, 2.75) is 52.3 Å². The number of hydrogen-bond acceptors (Lipinski definition) is 3. The molecule has 0 aromatic rings. The fourth-order valence-corrected chi connectivity index (χ4v) is 1.84. The summed E-state index contributed by atoms with van der Waals surface area (Å²) in [5, 5.41) is 8.75. The smallest absolute Gasteiger partial charge is 0.304 e. The van der Waals surface area contributed by atoms with Crippen LogP contribution in [0.3, 0.4) is 0 Å². The van der Waals surface area contributed by atoms with E-state index in [9.17, 15) is 4.79 Å². The molecule has 4 nitrogen and oxygen atoms in total. The Morgan fingerprint density at radius 1 is 1.40 bits per heavy atom. The van der Waals surface area contributed by atoms with Crippen LogP contribution in [0, 0.1) is 0 Å². The van der Waals surface area contributed by atoms with Crippen LogP contribution in [0.15, 0.2) is 0 Å². The molecule has 90 valence electrons. The molecule has 1 N–H and O–H groups in total. The Hall–Kier alpha value is -0.610. The fraction of sp³-hybridized carbons (Fsp3) is 0.909. The third kappa shape index (κ3) is 4.62. The van der Waals surface area contributed by atoms with Gasteiger partial charge in [0.25, 0.3) is 0 Å². The van der Waals surface area contributed by atoms with E-state index in [1.54, 1.807) is 7.11 Å². The lowest BCUT2D eigenvalue weighted by atomic mass is 10.1. The molecule has 0 amide bonds. The van der Waals surface area contributed by atoms with E-state index < -0.39 is 5.97 Å². The lowest BCUT2D eigenvalue weighted by Crippen LogP contribution is -2.46. The molecule has 0 fully saturated rings. The van der Waals surface area contributed by atoms with Gasteiger partial charge in [-0.15, -0.1) is 0 Å². The second-order valence-corrected chi connectivity index (χ2v) is 3.96. The van der Waals surface area contributed by atoms with Gasteiger partial charge in [0.05, 0.1) is 12.5 Å². The van der Waals surface area contributed by atoms with Crippen LogP contribution in [0.5, 0.6) is 0 Å². The van der Waals surface area contributed by atoms with E-state index in [2.05, 4.69) is 11.8 Å². The minimum atomic E-state index is -0.752. The molecule has 0 aromatic heterocycles. The summed E-state index contributed by atoms with van der Waals surface area (Å²) in [6.07, 6.45) is 0.287. The Morgan fingerprint density at radius 3 is 2.27 bits per heavy atom. The monoisotopic (exact) mass is 217 g/mol. The van der Waals surface area contributed by atoms with E-state index in [1.165, 1.54) is 0 Å². The summed E-state index contributed by atoms with van der Waals surface area (Å²) in [7, 11) is 1.68. The number of methoxy groups -OCH3 is 1. The zero-order chi connectivity index (χ0) is 12.0. The van der Waals surface area contributed by atoms with Gasteiger partial charge in [0.15, 0.2) is 0 Å². The number of carbonyl (C=O) groups is 1. The Morgan fingerprint density at radius 2 is 1.93 bits per heavy atom. The van der Waals surface area contributed by atoms with Crippen LogP contribution in [-0.4, -0.2) is 47.8 Å². The molecular formula is C11H23NO3. The van der Waals surface area contributed by atoms with Gasteiger partial charge in [-0.2, -0.15) is 0 Å². The number of hydrogen-bond donors (Lipinski definition) is 1. The van der Waals surface area contributed by atoms with Crippen LogP contribution in [0.1, 0.15) is 34.1 Å². The molecule has 4 heteroatoms. The highest BCUT2D eigenvalue weighted by atomic mass is 16.5. The summed E-state index contributed by atoms with van der Waals surface area (Å²) in [6, 6.07) is 0.273. The molecule has 3 unspecified atom stereocenters. The molecule has 0 aliphatic heterocycles. The van der Waals surface area contributed by atoms with Gasteiger partial charge in [-0.25, -0.2) is 0 Å². The van der Waals surface area contributed by atoms with Crippen LogP contribution in [0.4, 0.5) is 0 Å². The molecule has 0 aliphatic carbocycles. The van der Waals surface area contributed by atoms with Crippen LogP contribution >= 0.6 is 0 Å². The highest BCUT2D eigenvalue weighted by molar-refractivity contribution is 5.67. The molecule has 0 rings (SSSR count). The number of ether oxygens (including phenoxy) is 1. The molecule has 0 saturated carbocycles. The van der Waals surface area contributed by atoms with Gasteiger partial charge in [-0.1, -0.05) is 6.92 Å². The topological polar surface area (TPSA) is 49.8 Å². The van der Waals surface area contributed by atoms with Crippen LogP contribution in [0.2, 0.25) is 0 Å². The average Bonchev–Trinajstić information content (AvgIpc) is 2.16. The van der Waals surface area contributed by atoms with Gasteiger partial charge in [-0.05, 0) is 27.3 Å². The molecule has 0 saturated heterocycles. The Kier molecular flexibility index (Phi) is 6.52. The van der Waals surface area contributed by atoms with Crippen molar-refractivity contribution < 1.29 is 14.6 Å². The van der Waals surface area contributed by atoms with Crippen LogP contribution < -0.4 is 0 Å². The largest absolute Gasteiger partial charge is 0.481 e. The SMILES string of the molecule is CCN(C(C)CC(=O)O)C(C)C(C)OC. The number of rotatable bonds is 7. The van der Waals surface area contributed by atoms with Crippen molar-refractivity contribution in [3.05, 3.63) is 0 Å². The van der Waals surface area contributed by atoms with E-state index in [1.807, 2.05) is 20.8 Å². The average molecular weight is 217 g/mol. The first-order valence-corrected chi connectivity index (χ1v) is 5.44. The molecule has 0 aliphatic rings. The third-order valence-electron chi connectivity index (χ3n) is 2.98. The molecule has 3 atom stereocenters. The first-order chi connectivity index (χ1) is 6.93. The van der Waals surface area contributed by atoms with Gasteiger partial charge in [0, 0.05) is 19.2 Å². The highest BCUT2D eigenvalue weighted by Crippen LogP contribution is 2.13. The highest BCUT2D eigenvalue weighted by Gasteiger charge is 2.24. The Balaban J connectivity index is 4.39. The summed E-state index contributed by atoms with van der Waals surface area (Å²) >= 11 is 0. The van der Waals surface area contributed by atoms with Crippen molar-refractivity contribution in [1.29, 1.82) is 0 Å². The van der Waals surface area contributed by atoms with Crippen molar-refractivity contribution in [1.82, 2.24) is 4.90 Å².